The van der Waals surface area contributed by atoms with E-state index < -0.39 is 0 Å². The topological polar surface area (TPSA) is 98.2 Å². The second kappa shape index (κ2) is 15.0. The SMILES string of the molecule is CC[C@H](N)C[O-].CC[C@H](N)C[O-].[Pt+2]. The molecule has 4 nitrogen and oxygen atoms in total. The molecule has 0 heterocycles. The first-order chi connectivity index (χ1) is 5.62. The predicted octanol–water partition coefficient (Wildman–Crippen LogP) is -1.83. The average Bonchev–Trinajstić information content (AvgIpc) is 2.16. The van der Waals surface area contributed by atoms with Crippen LogP contribution in [0.5, 0.6) is 0 Å². The van der Waals surface area contributed by atoms with Crippen molar-refractivity contribution < 1.29 is 31.3 Å². The second-order valence-electron chi connectivity index (χ2n) is 2.67. The Bertz CT molecular complexity index is 68.5. The van der Waals surface area contributed by atoms with E-state index in [2.05, 4.69) is 0 Å². The molecular weight excluding hydrogens is 351 g/mol. The van der Waals surface area contributed by atoms with Gasteiger partial charge in [0.2, 0.25) is 0 Å². The normalized spacial score (nSPS) is 13.4. The van der Waals surface area contributed by atoms with Crippen LogP contribution >= 0.6 is 0 Å². The summed E-state index contributed by atoms with van der Waals surface area (Å²) in [5, 5.41) is 19.5. The fraction of sp³-hybridized carbons (Fsp3) is 1.00. The van der Waals surface area contributed by atoms with Crippen LogP contribution in [0.25, 0.3) is 0 Å². The second-order valence-corrected chi connectivity index (χ2v) is 2.67. The minimum Gasteiger partial charge on any atom is -0.853 e. The molecule has 13 heavy (non-hydrogen) atoms. The van der Waals surface area contributed by atoms with Crippen molar-refractivity contribution in [3.63, 3.8) is 0 Å². The first-order valence-corrected chi connectivity index (χ1v) is 4.29. The molecule has 0 radical (unpaired) electrons. The summed E-state index contributed by atoms with van der Waals surface area (Å²) in [5.41, 5.74) is 10.3. The molecule has 0 saturated heterocycles. The van der Waals surface area contributed by atoms with Gasteiger partial charge in [-0.3, -0.25) is 0 Å². The molecular formula is C8H20N2O2Pt. The van der Waals surface area contributed by atoms with Gasteiger partial charge < -0.3 is 21.7 Å². The van der Waals surface area contributed by atoms with Crippen LogP contribution in [0, 0.1) is 0 Å². The number of hydrogen-bond acceptors (Lipinski definition) is 4. The summed E-state index contributed by atoms with van der Waals surface area (Å²) in [6.07, 6.45) is 1.59. The smallest absolute Gasteiger partial charge is 0.853 e. The van der Waals surface area contributed by atoms with Crippen molar-refractivity contribution in [3.8, 4) is 0 Å². The Kier molecular flexibility index (Phi) is 22.1. The summed E-state index contributed by atoms with van der Waals surface area (Å²) in [5.74, 6) is 0. The standard InChI is InChI=1S/2C4H10NO.Pt/c2*1-2-4(5)3-6;/h2*4H,2-3,5H2,1H3;/q2*-1;+2/t2*4-;/m00./s1. The molecule has 0 spiro atoms. The minimum atomic E-state index is -0.142. The molecule has 0 aromatic heterocycles. The van der Waals surface area contributed by atoms with Crippen molar-refractivity contribution in [1.82, 2.24) is 0 Å². The Morgan fingerprint density at radius 2 is 1.15 bits per heavy atom. The van der Waals surface area contributed by atoms with E-state index in [0.29, 0.717) is 0 Å². The van der Waals surface area contributed by atoms with Gasteiger partial charge in [-0.05, 0) is 24.9 Å². The zero-order valence-corrected chi connectivity index (χ0v) is 10.5. The van der Waals surface area contributed by atoms with Crippen molar-refractivity contribution >= 4 is 0 Å². The molecule has 4 N–H and O–H groups in total. The van der Waals surface area contributed by atoms with Crippen molar-refractivity contribution in [1.29, 1.82) is 0 Å². The number of nitrogens with two attached hydrogens (primary N) is 2. The third-order valence-corrected chi connectivity index (χ3v) is 1.48. The van der Waals surface area contributed by atoms with Crippen LogP contribution in [-0.2, 0) is 21.1 Å². The van der Waals surface area contributed by atoms with Gasteiger partial charge >= 0.3 is 21.1 Å². The van der Waals surface area contributed by atoms with Crippen molar-refractivity contribution in [2.75, 3.05) is 13.2 Å². The zero-order valence-electron chi connectivity index (χ0n) is 8.27. The summed E-state index contributed by atoms with van der Waals surface area (Å²) in [4.78, 5) is 0. The van der Waals surface area contributed by atoms with Gasteiger partial charge in [0.1, 0.15) is 0 Å². The zero-order chi connectivity index (χ0) is 9.98. The van der Waals surface area contributed by atoms with Gasteiger partial charge in [0.05, 0.1) is 0 Å². The van der Waals surface area contributed by atoms with Gasteiger partial charge in [0.25, 0.3) is 0 Å². The average molecular weight is 371 g/mol. The molecule has 0 rings (SSSR count). The summed E-state index contributed by atoms with van der Waals surface area (Å²) in [6.45, 7) is 3.53. The van der Waals surface area contributed by atoms with E-state index in [1.54, 1.807) is 0 Å². The van der Waals surface area contributed by atoms with E-state index >= 15 is 0 Å². The predicted molar refractivity (Wildman–Crippen MR) is 46.3 cm³/mol. The fourth-order valence-electron chi connectivity index (χ4n) is 0.236. The molecule has 0 aromatic rings. The Labute approximate surface area is 95.0 Å². The molecule has 0 aliphatic heterocycles. The van der Waals surface area contributed by atoms with Crippen LogP contribution in [0.15, 0.2) is 0 Å². The van der Waals surface area contributed by atoms with Crippen molar-refractivity contribution in [3.05, 3.63) is 0 Å². The molecule has 2 atom stereocenters. The molecule has 0 bridgehead atoms. The molecule has 0 fully saturated rings. The van der Waals surface area contributed by atoms with Gasteiger partial charge in [-0.15, -0.1) is 13.2 Å². The van der Waals surface area contributed by atoms with Crippen LogP contribution in [0.2, 0.25) is 0 Å². The van der Waals surface area contributed by atoms with E-state index in [1.165, 1.54) is 0 Å². The summed E-state index contributed by atoms with van der Waals surface area (Å²) >= 11 is 0. The first kappa shape index (κ1) is 19.2. The number of hydrogen-bond donors (Lipinski definition) is 2. The van der Waals surface area contributed by atoms with Gasteiger partial charge in [-0.1, -0.05) is 13.8 Å². The van der Waals surface area contributed by atoms with Gasteiger partial charge in [-0.2, -0.15) is 0 Å². The van der Waals surface area contributed by atoms with Gasteiger partial charge in [0.15, 0.2) is 0 Å². The van der Waals surface area contributed by atoms with Gasteiger partial charge in [0, 0.05) is 0 Å². The summed E-state index contributed by atoms with van der Waals surface area (Å²) < 4.78 is 0. The Morgan fingerprint density at radius 1 is 0.923 bits per heavy atom. The maximum absolute atomic E-state index is 9.74. The fourth-order valence-corrected chi connectivity index (χ4v) is 0.236. The van der Waals surface area contributed by atoms with E-state index in [1.807, 2.05) is 13.8 Å². The molecule has 0 aliphatic carbocycles. The quantitative estimate of drug-likeness (QED) is 0.607. The van der Waals surface area contributed by atoms with Crippen LogP contribution in [-0.4, -0.2) is 25.3 Å². The molecule has 0 amide bonds. The monoisotopic (exact) mass is 371 g/mol. The third-order valence-electron chi connectivity index (χ3n) is 1.48. The molecule has 0 saturated carbocycles. The molecule has 0 aliphatic rings. The maximum atomic E-state index is 9.74. The van der Waals surface area contributed by atoms with Crippen LogP contribution in [0.3, 0.4) is 0 Å². The van der Waals surface area contributed by atoms with E-state index in [0.717, 1.165) is 12.8 Å². The summed E-state index contributed by atoms with van der Waals surface area (Å²) in [6, 6.07) is -0.241. The van der Waals surface area contributed by atoms with E-state index in [9.17, 15) is 10.2 Å². The van der Waals surface area contributed by atoms with E-state index in [-0.39, 0.29) is 46.4 Å². The van der Waals surface area contributed by atoms with Crippen LogP contribution in [0.4, 0.5) is 0 Å². The molecule has 0 unspecified atom stereocenters. The Hall–Kier alpha value is 0.528. The maximum Gasteiger partial charge on any atom is 2.00 e. The summed E-state index contributed by atoms with van der Waals surface area (Å²) in [7, 11) is 0. The molecule has 0 aromatic carbocycles. The Morgan fingerprint density at radius 3 is 1.15 bits per heavy atom. The third kappa shape index (κ3) is 19.1. The first-order valence-electron chi connectivity index (χ1n) is 4.29. The molecule has 5 heteroatoms. The Balaban J connectivity index is -0.000000143. The minimum absolute atomic E-state index is 0. The largest absolute Gasteiger partial charge is 2.00 e. The van der Waals surface area contributed by atoms with Crippen molar-refractivity contribution in [2.24, 2.45) is 11.5 Å². The van der Waals surface area contributed by atoms with E-state index in [4.69, 9.17) is 11.5 Å². The van der Waals surface area contributed by atoms with Gasteiger partial charge in [-0.25, -0.2) is 0 Å². The van der Waals surface area contributed by atoms with Crippen LogP contribution in [0.1, 0.15) is 26.7 Å². The van der Waals surface area contributed by atoms with Crippen LogP contribution < -0.4 is 21.7 Å². The molecule has 84 valence electrons. The number of rotatable bonds is 4. The van der Waals surface area contributed by atoms with Crippen molar-refractivity contribution in [2.45, 2.75) is 38.8 Å².